The van der Waals surface area contributed by atoms with E-state index in [2.05, 4.69) is 70.2 Å². The van der Waals surface area contributed by atoms with E-state index in [1.807, 2.05) is 0 Å². The van der Waals surface area contributed by atoms with Crippen molar-refractivity contribution in [1.29, 1.82) is 0 Å². The van der Waals surface area contributed by atoms with Crippen LogP contribution < -0.4 is 10.6 Å². The highest BCUT2D eigenvalue weighted by molar-refractivity contribution is 5.62. The van der Waals surface area contributed by atoms with Crippen LogP contribution in [0.5, 0.6) is 0 Å². The van der Waals surface area contributed by atoms with Crippen LogP contribution in [0.25, 0.3) is 22.9 Å². The monoisotopic (exact) mass is 402 g/mol. The van der Waals surface area contributed by atoms with E-state index in [1.54, 1.807) is 0 Å². The third-order valence-electron chi connectivity index (χ3n) is 6.68. The van der Waals surface area contributed by atoms with E-state index in [-0.39, 0.29) is 0 Å². The zero-order valence-electron chi connectivity index (χ0n) is 17.7. The Kier molecular flexibility index (Phi) is 5.65. The Hall–Kier alpha value is -2.50. The number of benzene rings is 2. The van der Waals surface area contributed by atoms with Gasteiger partial charge in [-0.2, -0.15) is 0 Å². The molecule has 0 saturated carbocycles. The molecular weight excluding hydrogens is 372 g/mol. The maximum atomic E-state index is 6.07. The van der Waals surface area contributed by atoms with Crippen molar-refractivity contribution in [2.45, 2.75) is 44.4 Å². The van der Waals surface area contributed by atoms with Crippen molar-refractivity contribution in [3.63, 3.8) is 0 Å². The lowest BCUT2D eigenvalue weighted by Gasteiger charge is -2.23. The Morgan fingerprint density at radius 1 is 0.733 bits per heavy atom. The zero-order valence-corrected chi connectivity index (χ0v) is 17.7. The van der Waals surface area contributed by atoms with Crippen LogP contribution in [0.15, 0.2) is 46.9 Å². The van der Waals surface area contributed by atoms with Gasteiger partial charge in [-0.25, -0.2) is 0 Å². The van der Waals surface area contributed by atoms with Gasteiger partial charge in [-0.3, -0.25) is 0 Å². The summed E-state index contributed by atoms with van der Waals surface area (Å²) in [7, 11) is 0. The molecule has 156 valence electrons. The van der Waals surface area contributed by atoms with E-state index in [4.69, 9.17) is 4.42 Å². The lowest BCUT2D eigenvalue weighted by atomic mass is 9.88. The summed E-state index contributed by atoms with van der Waals surface area (Å²) in [4.78, 5) is 0. The molecule has 2 N–H and O–H groups in total. The van der Waals surface area contributed by atoms with Crippen LogP contribution in [0.1, 0.15) is 54.2 Å². The van der Waals surface area contributed by atoms with Crippen molar-refractivity contribution >= 4 is 0 Å². The second kappa shape index (κ2) is 8.70. The second-order valence-electron chi connectivity index (χ2n) is 8.66. The Bertz CT molecular complexity index is 983. The van der Waals surface area contributed by atoms with E-state index in [9.17, 15) is 0 Å². The predicted molar refractivity (Wildman–Crippen MR) is 120 cm³/mol. The Morgan fingerprint density at radius 3 is 1.93 bits per heavy atom. The summed E-state index contributed by atoms with van der Waals surface area (Å²) >= 11 is 0. The zero-order chi connectivity index (χ0) is 20.3. The summed E-state index contributed by atoms with van der Waals surface area (Å²) < 4.78 is 6.07. The quantitative estimate of drug-likeness (QED) is 0.665. The van der Waals surface area contributed by atoms with Gasteiger partial charge in [0.25, 0.3) is 0 Å². The summed E-state index contributed by atoms with van der Waals surface area (Å²) in [5, 5.41) is 15.5. The van der Waals surface area contributed by atoms with Crippen LogP contribution in [0.2, 0.25) is 0 Å². The van der Waals surface area contributed by atoms with Gasteiger partial charge >= 0.3 is 0 Å². The minimum atomic E-state index is 0.587. The lowest BCUT2D eigenvalue weighted by molar-refractivity contribution is 0.460. The average Bonchev–Trinajstić information content (AvgIpc) is 3.30. The van der Waals surface area contributed by atoms with Crippen LogP contribution in [-0.4, -0.2) is 36.4 Å². The van der Waals surface area contributed by atoms with Gasteiger partial charge in [-0.1, -0.05) is 24.3 Å². The largest absolute Gasteiger partial charge is 0.416 e. The molecule has 5 nitrogen and oxygen atoms in total. The number of hydrogen-bond acceptors (Lipinski definition) is 5. The number of aryl methyl sites for hydroxylation is 1. The van der Waals surface area contributed by atoms with E-state index >= 15 is 0 Å². The molecule has 2 aromatic carbocycles. The summed E-state index contributed by atoms with van der Waals surface area (Å²) in [6, 6.07) is 15.3. The van der Waals surface area contributed by atoms with Gasteiger partial charge in [-0.05, 0) is 106 Å². The highest BCUT2D eigenvalue weighted by Crippen LogP contribution is 2.32. The Balaban J connectivity index is 1.33. The fraction of sp³-hybridized carbons (Fsp3) is 0.440. The summed E-state index contributed by atoms with van der Waals surface area (Å²) in [6.45, 7) is 6.56. The maximum Gasteiger partial charge on any atom is 0.248 e. The molecule has 30 heavy (non-hydrogen) atoms. The Labute approximate surface area is 178 Å². The molecule has 5 heteroatoms. The molecule has 0 unspecified atom stereocenters. The van der Waals surface area contributed by atoms with E-state index in [0.29, 0.717) is 23.6 Å². The molecular formula is C25H30N4O. The summed E-state index contributed by atoms with van der Waals surface area (Å²) in [5.74, 6) is 2.49. The molecule has 1 aromatic heterocycles. The smallest absolute Gasteiger partial charge is 0.248 e. The molecule has 2 saturated heterocycles. The summed E-state index contributed by atoms with van der Waals surface area (Å²) in [5.41, 5.74) is 6.03. The van der Waals surface area contributed by atoms with Gasteiger partial charge in [0.15, 0.2) is 0 Å². The number of nitrogens with one attached hydrogen (secondary N) is 2. The van der Waals surface area contributed by atoms with Gasteiger partial charge in [-0.15, -0.1) is 10.2 Å². The normalized spacial score (nSPS) is 18.6. The van der Waals surface area contributed by atoms with Crippen molar-refractivity contribution < 1.29 is 4.42 Å². The third kappa shape index (κ3) is 4.05. The predicted octanol–water partition coefficient (Wildman–Crippen LogP) is 4.65. The fourth-order valence-electron chi connectivity index (χ4n) is 4.84. The number of hydrogen-bond donors (Lipinski definition) is 2. The molecule has 0 amide bonds. The molecule has 3 heterocycles. The SMILES string of the molecule is Cc1cc(C2CCNCC2)ccc1-c1nnc(-c2ccc(C3CCNCC3)cc2)o1. The van der Waals surface area contributed by atoms with Crippen LogP contribution in [0.4, 0.5) is 0 Å². The minimum absolute atomic E-state index is 0.587. The molecule has 0 bridgehead atoms. The standard InChI is InChI=1S/C25H30N4O/c1-17-16-22(20-10-14-27-15-11-20)6-7-23(17)25-29-28-24(30-25)21-4-2-18(3-5-21)19-8-12-26-13-9-19/h2-7,16,19-20,26-27H,8-15H2,1H3. The first-order valence-electron chi connectivity index (χ1n) is 11.2. The second-order valence-corrected chi connectivity index (χ2v) is 8.66. The first-order valence-corrected chi connectivity index (χ1v) is 11.2. The highest BCUT2D eigenvalue weighted by atomic mass is 16.4. The third-order valence-corrected chi connectivity index (χ3v) is 6.68. The molecule has 2 aliphatic rings. The van der Waals surface area contributed by atoms with Gasteiger partial charge in [0.2, 0.25) is 11.8 Å². The minimum Gasteiger partial charge on any atom is -0.416 e. The fourth-order valence-corrected chi connectivity index (χ4v) is 4.84. The van der Waals surface area contributed by atoms with Crippen LogP contribution >= 0.6 is 0 Å². The van der Waals surface area contributed by atoms with Crippen molar-refractivity contribution in [2.75, 3.05) is 26.2 Å². The van der Waals surface area contributed by atoms with E-state index in [0.717, 1.165) is 37.3 Å². The van der Waals surface area contributed by atoms with Crippen molar-refractivity contribution in [3.8, 4) is 22.9 Å². The molecule has 0 radical (unpaired) electrons. The number of piperidine rings is 2. The highest BCUT2D eigenvalue weighted by Gasteiger charge is 2.19. The molecule has 0 spiro atoms. The lowest BCUT2D eigenvalue weighted by Crippen LogP contribution is -2.26. The summed E-state index contributed by atoms with van der Waals surface area (Å²) in [6.07, 6.45) is 4.82. The average molecular weight is 403 g/mol. The Morgan fingerprint density at radius 2 is 1.30 bits per heavy atom. The molecule has 0 atom stereocenters. The number of nitrogens with zero attached hydrogens (tertiary/aromatic N) is 2. The van der Waals surface area contributed by atoms with Gasteiger partial charge in [0.05, 0.1) is 0 Å². The van der Waals surface area contributed by atoms with Crippen LogP contribution in [-0.2, 0) is 0 Å². The van der Waals surface area contributed by atoms with Crippen molar-refractivity contribution in [1.82, 2.24) is 20.8 Å². The van der Waals surface area contributed by atoms with Crippen LogP contribution in [0.3, 0.4) is 0 Å². The van der Waals surface area contributed by atoms with Crippen LogP contribution in [0, 0.1) is 6.92 Å². The van der Waals surface area contributed by atoms with Gasteiger partial charge < -0.3 is 15.1 Å². The van der Waals surface area contributed by atoms with E-state index < -0.39 is 0 Å². The molecule has 3 aromatic rings. The van der Waals surface area contributed by atoms with Gasteiger partial charge in [0.1, 0.15) is 0 Å². The first-order chi connectivity index (χ1) is 14.8. The molecule has 5 rings (SSSR count). The van der Waals surface area contributed by atoms with Crippen molar-refractivity contribution in [2.24, 2.45) is 0 Å². The van der Waals surface area contributed by atoms with Crippen molar-refractivity contribution in [3.05, 3.63) is 59.2 Å². The molecule has 2 aliphatic heterocycles. The molecule has 0 aliphatic carbocycles. The topological polar surface area (TPSA) is 63.0 Å². The van der Waals surface area contributed by atoms with Gasteiger partial charge in [0, 0.05) is 11.1 Å². The number of aromatic nitrogens is 2. The maximum absolute atomic E-state index is 6.07. The first kappa shape index (κ1) is 19.5. The number of rotatable bonds is 4. The van der Waals surface area contributed by atoms with E-state index in [1.165, 1.54) is 42.4 Å². The molecule has 2 fully saturated rings.